The highest BCUT2D eigenvalue weighted by Crippen LogP contribution is 2.48. The molecule has 3 aliphatic rings. The first-order valence-electron chi connectivity index (χ1n) is 11.1. The van der Waals surface area contributed by atoms with Crippen molar-refractivity contribution in [2.75, 3.05) is 6.61 Å². The Hall–Kier alpha value is -3.95. The van der Waals surface area contributed by atoms with Crippen molar-refractivity contribution in [3.63, 3.8) is 0 Å². The normalized spacial score (nSPS) is 27.4. The van der Waals surface area contributed by atoms with E-state index in [0.717, 1.165) is 0 Å². The van der Waals surface area contributed by atoms with Crippen LogP contribution in [-0.4, -0.2) is 58.7 Å². The van der Waals surface area contributed by atoms with Crippen molar-refractivity contribution in [1.82, 2.24) is 0 Å². The number of carboxylic acids is 1. The molecule has 0 spiro atoms. The lowest BCUT2D eigenvalue weighted by Gasteiger charge is -2.29. The van der Waals surface area contributed by atoms with Gasteiger partial charge in [0.05, 0.1) is 18.3 Å². The number of ether oxygens (including phenoxy) is 3. The van der Waals surface area contributed by atoms with Gasteiger partial charge in [-0.15, -0.1) is 0 Å². The molecule has 0 bridgehead atoms. The Labute approximate surface area is 200 Å². The van der Waals surface area contributed by atoms with Gasteiger partial charge in [0.25, 0.3) is 0 Å². The third kappa shape index (κ3) is 4.68. The molecule has 0 saturated carbocycles. The molecule has 10 heteroatoms. The molecule has 184 valence electrons. The van der Waals surface area contributed by atoms with Crippen molar-refractivity contribution in [2.24, 2.45) is 17.8 Å². The summed E-state index contributed by atoms with van der Waals surface area (Å²) in [6.07, 6.45) is -0.163. The summed E-state index contributed by atoms with van der Waals surface area (Å²) in [6, 6.07) is 6.12. The Morgan fingerprint density at radius 1 is 1.14 bits per heavy atom. The van der Waals surface area contributed by atoms with Gasteiger partial charge in [-0.1, -0.05) is 24.6 Å². The number of carbonyl (C=O) groups is 5. The molecular weight excluding hydrogens is 460 g/mol. The van der Waals surface area contributed by atoms with Crippen LogP contribution >= 0.6 is 0 Å². The van der Waals surface area contributed by atoms with E-state index < -0.39 is 60.4 Å². The molecule has 4 rings (SSSR count). The molecule has 1 aromatic rings. The van der Waals surface area contributed by atoms with Gasteiger partial charge in [-0.3, -0.25) is 14.4 Å². The maximum absolute atomic E-state index is 12.9. The zero-order valence-corrected chi connectivity index (χ0v) is 19.1. The van der Waals surface area contributed by atoms with Gasteiger partial charge < -0.3 is 24.4 Å². The van der Waals surface area contributed by atoms with Crippen LogP contribution in [-0.2, 0) is 44.6 Å². The van der Waals surface area contributed by atoms with Crippen LogP contribution in [0.2, 0.25) is 0 Å². The van der Waals surface area contributed by atoms with E-state index in [-0.39, 0.29) is 24.4 Å². The van der Waals surface area contributed by atoms with Gasteiger partial charge in [0, 0.05) is 17.9 Å². The lowest BCUT2D eigenvalue weighted by atomic mass is 9.79. The van der Waals surface area contributed by atoms with Crippen LogP contribution < -0.4 is 0 Å². The van der Waals surface area contributed by atoms with E-state index in [2.05, 4.69) is 0 Å². The maximum atomic E-state index is 12.9. The molecule has 35 heavy (non-hydrogen) atoms. The van der Waals surface area contributed by atoms with Crippen LogP contribution in [0.25, 0.3) is 0 Å². The summed E-state index contributed by atoms with van der Waals surface area (Å²) in [5, 5.41) is 18.2. The predicted octanol–water partition coefficient (Wildman–Crippen LogP) is 1.50. The Kier molecular flexibility index (Phi) is 6.47. The van der Waals surface area contributed by atoms with Crippen LogP contribution in [0.15, 0.2) is 47.1 Å². The molecule has 5 atom stereocenters. The average molecular weight is 484 g/mol. The fraction of sp³-hybridized carbons (Fsp3) is 0.400. The van der Waals surface area contributed by atoms with Gasteiger partial charge in [0.15, 0.2) is 5.78 Å². The number of phenols is 1. The molecule has 1 aromatic carbocycles. The van der Waals surface area contributed by atoms with Crippen molar-refractivity contribution in [2.45, 2.75) is 38.9 Å². The van der Waals surface area contributed by atoms with Crippen molar-refractivity contribution in [1.29, 1.82) is 0 Å². The summed E-state index contributed by atoms with van der Waals surface area (Å²) in [6.45, 7) is 2.95. The second kappa shape index (κ2) is 9.36. The van der Waals surface area contributed by atoms with Gasteiger partial charge in [-0.2, -0.15) is 0 Å². The average Bonchev–Trinajstić information content (AvgIpc) is 3.24. The first kappa shape index (κ1) is 24.2. The molecule has 2 N–H and O–H groups in total. The lowest BCUT2D eigenvalue weighted by molar-refractivity contribution is -0.163. The first-order valence-corrected chi connectivity index (χ1v) is 11.1. The summed E-state index contributed by atoms with van der Waals surface area (Å²) in [5.74, 6) is -6.47. The number of phenolic OH excluding ortho intramolecular Hbond substituents is 1. The quantitative estimate of drug-likeness (QED) is 0.357. The third-order valence-corrected chi connectivity index (χ3v) is 6.71. The Bertz CT molecular complexity index is 1160. The monoisotopic (exact) mass is 484 g/mol. The van der Waals surface area contributed by atoms with E-state index in [4.69, 9.17) is 19.3 Å². The number of benzene rings is 1. The summed E-state index contributed by atoms with van der Waals surface area (Å²) >= 11 is 0. The molecule has 1 heterocycles. The minimum atomic E-state index is -1.76. The van der Waals surface area contributed by atoms with Crippen molar-refractivity contribution >= 4 is 29.7 Å². The molecule has 0 aromatic heterocycles. The van der Waals surface area contributed by atoms with E-state index in [1.165, 1.54) is 18.2 Å². The Morgan fingerprint density at radius 3 is 2.49 bits per heavy atom. The molecular formula is C25H24O10. The van der Waals surface area contributed by atoms with Crippen LogP contribution in [0.5, 0.6) is 5.75 Å². The SMILES string of the molecule is CC1=C2C(=O)C=C(COC(=O)C(=O)O)[C@@H]2[C@H]2OC(=O)[C@@H](C)[C@@H]2[C@@H](OC(=O)Cc2ccc(O)cc2)C1. The van der Waals surface area contributed by atoms with E-state index >= 15 is 0 Å². The van der Waals surface area contributed by atoms with Gasteiger partial charge in [0.2, 0.25) is 0 Å². The molecule has 1 fully saturated rings. The standard InChI is InChI=1S/C25H24O10/c1-11-7-17(34-18(28)8-13-3-5-15(26)6-4-13)20-12(2)24(31)35-22(20)21-14(9-16(27)19(11)21)10-33-25(32)23(29)30/h3-6,9,12,17,20-22,26H,7-8,10H2,1-2H3,(H,29,30)/t12-,17-,20+,21-,22-/m0/s1. The third-order valence-electron chi connectivity index (χ3n) is 6.71. The molecule has 0 amide bonds. The number of aliphatic carboxylic acids is 1. The number of rotatable bonds is 5. The summed E-state index contributed by atoms with van der Waals surface area (Å²) in [7, 11) is 0. The van der Waals surface area contributed by atoms with Gasteiger partial charge in [0.1, 0.15) is 24.6 Å². The van der Waals surface area contributed by atoms with Crippen LogP contribution in [0.4, 0.5) is 0 Å². The van der Waals surface area contributed by atoms with Gasteiger partial charge in [-0.05, 0) is 36.3 Å². The number of ketones is 1. The van der Waals surface area contributed by atoms with Gasteiger partial charge >= 0.3 is 23.9 Å². The number of fused-ring (bicyclic) bond motifs is 3. The predicted molar refractivity (Wildman–Crippen MR) is 117 cm³/mol. The minimum Gasteiger partial charge on any atom is -0.508 e. The molecule has 1 saturated heterocycles. The van der Waals surface area contributed by atoms with Crippen molar-refractivity contribution in [3.05, 3.63) is 52.6 Å². The smallest absolute Gasteiger partial charge is 0.417 e. The molecule has 2 aliphatic carbocycles. The zero-order valence-electron chi connectivity index (χ0n) is 19.1. The minimum absolute atomic E-state index is 0.0500. The number of allylic oxidation sites excluding steroid dienone is 1. The molecule has 10 nitrogen and oxygen atoms in total. The summed E-state index contributed by atoms with van der Waals surface area (Å²) < 4.78 is 16.3. The first-order chi connectivity index (χ1) is 16.6. The fourth-order valence-electron chi connectivity index (χ4n) is 5.11. The Balaban J connectivity index is 1.60. The number of aromatic hydroxyl groups is 1. The van der Waals surface area contributed by atoms with Crippen LogP contribution in [0.1, 0.15) is 25.8 Å². The highest BCUT2D eigenvalue weighted by atomic mass is 16.6. The van der Waals surface area contributed by atoms with Crippen molar-refractivity contribution in [3.8, 4) is 5.75 Å². The second-order valence-corrected chi connectivity index (χ2v) is 8.98. The van der Waals surface area contributed by atoms with E-state index in [9.17, 15) is 29.1 Å². The van der Waals surface area contributed by atoms with E-state index in [1.807, 2.05) is 0 Å². The number of esters is 3. The topological polar surface area (TPSA) is 154 Å². The number of carboxylic acid groups (broad SMARTS) is 1. The fourth-order valence-corrected chi connectivity index (χ4v) is 5.11. The number of hydrogen-bond acceptors (Lipinski definition) is 9. The summed E-state index contributed by atoms with van der Waals surface area (Å²) in [4.78, 5) is 60.4. The molecule has 0 unspecified atom stereocenters. The highest BCUT2D eigenvalue weighted by molar-refractivity contribution is 6.28. The summed E-state index contributed by atoms with van der Waals surface area (Å²) in [5.41, 5.74) is 1.99. The van der Waals surface area contributed by atoms with Crippen LogP contribution in [0, 0.1) is 17.8 Å². The zero-order chi connectivity index (χ0) is 25.4. The largest absolute Gasteiger partial charge is 0.508 e. The van der Waals surface area contributed by atoms with Crippen molar-refractivity contribution < 1.29 is 48.4 Å². The van der Waals surface area contributed by atoms with Gasteiger partial charge in [-0.25, -0.2) is 9.59 Å². The lowest BCUT2D eigenvalue weighted by Crippen LogP contribution is -2.38. The maximum Gasteiger partial charge on any atom is 0.417 e. The van der Waals surface area contributed by atoms with E-state index in [1.54, 1.807) is 26.0 Å². The number of hydrogen-bond donors (Lipinski definition) is 2. The number of carbonyl (C=O) groups excluding carboxylic acids is 4. The Morgan fingerprint density at radius 2 is 1.83 bits per heavy atom. The highest BCUT2D eigenvalue weighted by Gasteiger charge is 2.56. The molecule has 1 aliphatic heterocycles. The van der Waals surface area contributed by atoms with E-state index in [0.29, 0.717) is 22.3 Å². The molecule has 0 radical (unpaired) electrons. The second-order valence-electron chi connectivity index (χ2n) is 8.98. The van der Waals surface area contributed by atoms with Crippen LogP contribution in [0.3, 0.4) is 0 Å².